The molecule has 0 spiro atoms. The van der Waals surface area contributed by atoms with E-state index < -0.39 is 0 Å². The lowest BCUT2D eigenvalue weighted by molar-refractivity contribution is -0.142. The van der Waals surface area contributed by atoms with Gasteiger partial charge in [-0.1, -0.05) is 28.2 Å². The van der Waals surface area contributed by atoms with Gasteiger partial charge in [-0.15, -0.1) is 0 Å². The highest BCUT2D eigenvalue weighted by Crippen LogP contribution is 2.35. The van der Waals surface area contributed by atoms with E-state index in [1.54, 1.807) is 52.7 Å². The highest BCUT2D eigenvalue weighted by Gasteiger charge is 2.32. The zero-order valence-corrected chi connectivity index (χ0v) is 52.5. The van der Waals surface area contributed by atoms with Crippen molar-refractivity contribution in [3.63, 3.8) is 0 Å². The second-order valence-corrected chi connectivity index (χ2v) is 20.2. The van der Waals surface area contributed by atoms with Crippen molar-refractivity contribution in [2.75, 3.05) is 135 Å². The third-order valence-electron chi connectivity index (χ3n) is 14.6. The number of piperazine rings is 1. The average molecular weight is 1400 g/mol. The van der Waals surface area contributed by atoms with Crippen LogP contribution in [0.15, 0.2) is 24.3 Å². The van der Waals surface area contributed by atoms with E-state index in [1.807, 2.05) is 14.7 Å². The van der Waals surface area contributed by atoms with Crippen LogP contribution in [-0.4, -0.2) is 192 Å². The molecule has 2 aromatic carbocycles. The molecule has 7 N–H and O–H groups in total. The van der Waals surface area contributed by atoms with Crippen LogP contribution in [0.3, 0.4) is 0 Å². The maximum absolute atomic E-state index is 12.5. The number of rotatable bonds is 17. The first-order chi connectivity index (χ1) is 39.9. The molecule has 84 heavy (non-hydrogen) atoms. The Labute approximate surface area is 519 Å². The van der Waals surface area contributed by atoms with E-state index in [4.69, 9.17) is 49.4 Å². The number of benzene rings is 2. The molecule has 6 aliphatic rings. The van der Waals surface area contributed by atoms with Gasteiger partial charge in [-0.2, -0.15) is 9.97 Å². The Morgan fingerprint density at radius 1 is 0.536 bits per heavy atom. The average Bonchev–Trinajstić information content (AvgIpc) is 2.65. The monoisotopic (exact) mass is 1400 g/mol. The highest BCUT2D eigenvalue weighted by atomic mass is 128. The predicted molar refractivity (Wildman–Crippen MR) is 345 cm³/mol. The van der Waals surface area contributed by atoms with Crippen molar-refractivity contribution < 1.29 is 57.1 Å². The van der Waals surface area contributed by atoms with E-state index in [1.165, 1.54) is 19.3 Å². The normalized spacial score (nSPS) is 19.7. The molecule has 0 radical (unpaired) electrons. The molecule has 470 valence electrons. The summed E-state index contributed by atoms with van der Waals surface area (Å²) in [6, 6.07) is 7.10. The summed E-state index contributed by atoms with van der Waals surface area (Å²) < 4.78 is 42.8. The number of hydrogen-bond acceptors (Lipinski definition) is 20. The number of ether oxygens (including phenoxy) is 8. The molecule has 4 unspecified atom stereocenters. The Morgan fingerprint density at radius 3 is 1.39 bits per heavy atom. The van der Waals surface area contributed by atoms with Gasteiger partial charge in [0.05, 0.1) is 39.5 Å². The summed E-state index contributed by atoms with van der Waals surface area (Å²) in [5.41, 5.74) is 13.6. The molecular weight excluding hydrogens is 1310 g/mol. The fraction of sp³-hybridized carbons (Fsp3) is 0.655. The predicted octanol–water partition coefficient (Wildman–Crippen LogP) is 7.69. The smallest absolute Gasteiger partial charge is 0.251 e. The van der Waals surface area contributed by atoms with Crippen LogP contribution in [-0.2, 0) is 38.1 Å². The van der Waals surface area contributed by atoms with Gasteiger partial charge < -0.3 is 80.0 Å². The van der Waals surface area contributed by atoms with Crippen LogP contribution in [0.4, 0.5) is 23.5 Å². The zero-order valence-electron chi connectivity index (χ0n) is 48.2. The second-order valence-electron chi connectivity index (χ2n) is 20.2. The number of aromatic nitrogens is 4. The molecule has 24 nitrogen and oxygen atoms in total. The number of unbranched alkanes of at least 4 members (excludes halogenated alkanes) is 1. The lowest BCUT2D eigenvalue weighted by atomic mass is 10.1. The molecule has 2 aromatic heterocycles. The van der Waals surface area contributed by atoms with Gasteiger partial charge in [0.25, 0.3) is 11.8 Å². The lowest BCUT2D eigenvalue weighted by Gasteiger charge is -2.35. The van der Waals surface area contributed by atoms with Crippen LogP contribution in [0.25, 0.3) is 21.8 Å². The summed E-state index contributed by atoms with van der Waals surface area (Å²) in [5.74, 6) is 4.40. The first-order valence-electron chi connectivity index (χ1n) is 28.6. The molecule has 0 bridgehead atoms. The molecule has 10 rings (SSSR count). The van der Waals surface area contributed by atoms with Crippen molar-refractivity contribution in [2.45, 2.75) is 136 Å². The van der Waals surface area contributed by atoms with Crippen molar-refractivity contribution in [3.8, 4) is 23.0 Å². The molecule has 4 aromatic rings. The number of piperidine rings is 1. The maximum atomic E-state index is 12.5. The zero-order chi connectivity index (χ0) is 58.8. The number of fused-ring (bicyclic) bond motifs is 2. The van der Waals surface area contributed by atoms with Crippen LogP contribution < -0.4 is 51.3 Å². The number of methoxy groups -OCH3 is 4. The summed E-state index contributed by atoms with van der Waals surface area (Å²) in [6.45, 7) is 11.3. The van der Waals surface area contributed by atoms with Gasteiger partial charge in [-0.3, -0.25) is 19.2 Å². The quantitative estimate of drug-likeness (QED) is 0.0500. The molecule has 0 aliphatic carbocycles. The summed E-state index contributed by atoms with van der Waals surface area (Å²) in [5, 5.41) is 10.3. The van der Waals surface area contributed by atoms with Crippen LogP contribution in [0.1, 0.15) is 112 Å². The Balaban J connectivity index is 0.000000250. The number of nitrogens with one attached hydrogen (secondary N) is 3. The number of carbonyl (C=O) groups excluding carboxylic acids is 4. The summed E-state index contributed by atoms with van der Waals surface area (Å²) >= 11 is 4.24. The third kappa shape index (κ3) is 20.7. The fourth-order valence-electron chi connectivity index (χ4n) is 10.0. The summed E-state index contributed by atoms with van der Waals surface area (Å²) in [4.78, 5) is 71.2. The highest BCUT2D eigenvalue weighted by molar-refractivity contribution is 15.0. The second kappa shape index (κ2) is 38.0. The standard InChI is InChI=1S/C19H25N5O4.C18H25N5O4.C10H17NO2.C9H17NO2.2CH4.I2/c1-26-15-10-12-13(11-16(15)27-2)21-19(22-17(12)20)24-7-5-23(6-8-24)18(25)14-4-3-9-28-14;1-25-14-9-11-12(10-15(14)26-2)22-18(23-16(11)19)21-7-4-6-20-17(24)13-5-3-8-27-13;12-10(9-5-4-8-13-9)11-6-2-1-3-7-11;1-2-3-6-10-9(11)8-5-4-7-12-8;;;1-2/h10-11,14H,3-9H2,1-2H3,(H2,20,21,22);9-10,13H,3-8H2,1-2H3,(H,20,24)(H3,19,21,22,23);9H,1-8H2;8H,2-7H2,1H3,(H,10,11);2*1H4;. The summed E-state index contributed by atoms with van der Waals surface area (Å²) in [6.07, 6.45) is 13.0. The molecule has 0 saturated carbocycles. The maximum Gasteiger partial charge on any atom is 0.251 e. The van der Waals surface area contributed by atoms with Gasteiger partial charge in [-0.05, 0) is 95.6 Å². The molecule has 6 fully saturated rings. The number of anilines is 4. The molecule has 26 heteroatoms. The van der Waals surface area contributed by atoms with Crippen LogP contribution in [0.5, 0.6) is 23.0 Å². The number of amides is 4. The van der Waals surface area contributed by atoms with Crippen molar-refractivity contribution >= 4 is 106 Å². The van der Waals surface area contributed by atoms with Gasteiger partial charge in [0.1, 0.15) is 36.1 Å². The van der Waals surface area contributed by atoms with E-state index >= 15 is 0 Å². The number of hydrogen-bond donors (Lipinski definition) is 5. The molecule has 4 amide bonds. The Hall–Kier alpha value is -5.30. The van der Waals surface area contributed by atoms with E-state index in [0.717, 1.165) is 103 Å². The van der Waals surface area contributed by atoms with Crippen molar-refractivity contribution in [2.24, 2.45) is 0 Å². The number of likely N-dealkylation sites (tertiary alicyclic amines) is 1. The van der Waals surface area contributed by atoms with Crippen molar-refractivity contribution in [1.29, 1.82) is 0 Å². The van der Waals surface area contributed by atoms with Gasteiger partial charge in [-0.25, -0.2) is 9.97 Å². The first kappa shape index (κ1) is 71.2. The fourth-order valence-corrected chi connectivity index (χ4v) is 10.0. The van der Waals surface area contributed by atoms with Crippen molar-refractivity contribution in [3.05, 3.63) is 24.3 Å². The lowest BCUT2D eigenvalue weighted by Crippen LogP contribution is -2.51. The van der Waals surface area contributed by atoms with Gasteiger partial charge in [0, 0.05) is 145 Å². The number of nitrogen functional groups attached to an aromatic ring is 2. The van der Waals surface area contributed by atoms with Crippen molar-refractivity contribution in [1.82, 2.24) is 40.4 Å². The van der Waals surface area contributed by atoms with Crippen LogP contribution in [0.2, 0.25) is 0 Å². The largest absolute Gasteiger partial charge is 0.493 e. The van der Waals surface area contributed by atoms with Crippen LogP contribution >= 0.6 is 37.2 Å². The van der Waals surface area contributed by atoms with E-state index in [2.05, 4.69) is 80.0 Å². The minimum atomic E-state index is -0.298. The van der Waals surface area contributed by atoms with Gasteiger partial charge >= 0.3 is 0 Å². The molecule has 6 aliphatic heterocycles. The molecular formula is C58H92I2N12O12. The topological polar surface area (TPSA) is 292 Å². The molecule has 4 atom stereocenters. The van der Waals surface area contributed by atoms with Gasteiger partial charge in [0.2, 0.25) is 23.7 Å². The minimum absolute atomic E-state index is 0. The SMILES string of the molecule is C.C.CCCCNC(=O)C1CCCO1.COc1cc2nc(N3CCN(C(=O)C4CCCO4)CC3)nc(N)c2cc1OC.COc1cc2nc(NCCCNC(=O)C3CCCO3)nc(N)c2cc1OC.II.O=C(C1CCCO1)N1CCCCC1. The van der Waals surface area contributed by atoms with E-state index in [0.29, 0.717) is 121 Å². The number of halogens is 2. The van der Waals surface area contributed by atoms with Crippen LogP contribution in [0, 0.1) is 0 Å². The summed E-state index contributed by atoms with van der Waals surface area (Å²) in [7, 11) is 6.29. The minimum Gasteiger partial charge on any atom is -0.493 e. The third-order valence-corrected chi connectivity index (χ3v) is 14.6. The Kier molecular flexibility index (Phi) is 32.2. The number of carbonyl (C=O) groups is 4. The Morgan fingerprint density at radius 2 is 0.952 bits per heavy atom. The Bertz CT molecular complexity index is 2640. The number of nitrogens with zero attached hydrogens (tertiary/aromatic N) is 7. The van der Waals surface area contributed by atoms with E-state index in [9.17, 15) is 19.2 Å². The van der Waals surface area contributed by atoms with E-state index in [-0.39, 0.29) is 62.9 Å². The first-order valence-corrected chi connectivity index (χ1v) is 34.8. The molecule has 8 heterocycles. The number of nitrogens with two attached hydrogens (primary N) is 2. The molecule has 6 saturated heterocycles. The van der Waals surface area contributed by atoms with Gasteiger partial charge in [0.15, 0.2) is 23.0 Å².